The number of hydrogen-bond donors (Lipinski definition) is 1. The van der Waals surface area contributed by atoms with Crippen LogP contribution in [0.2, 0.25) is 0 Å². The highest BCUT2D eigenvalue weighted by atomic mass is 14.9. The van der Waals surface area contributed by atoms with Gasteiger partial charge < -0.3 is 5.32 Å². The van der Waals surface area contributed by atoms with Gasteiger partial charge in [0, 0.05) is 12.7 Å². The summed E-state index contributed by atoms with van der Waals surface area (Å²) in [6.45, 7) is 8.57. The molecule has 0 fully saturated rings. The van der Waals surface area contributed by atoms with Gasteiger partial charge in [0.25, 0.3) is 0 Å². The van der Waals surface area contributed by atoms with Crippen molar-refractivity contribution in [3.05, 3.63) is 29.6 Å². The van der Waals surface area contributed by atoms with Crippen LogP contribution in [0.3, 0.4) is 0 Å². The normalized spacial score (nSPS) is 10.9. The highest BCUT2D eigenvalue weighted by Gasteiger charge is 1.95. The van der Waals surface area contributed by atoms with Gasteiger partial charge in [0.2, 0.25) is 0 Å². The average molecular weight is 206 g/mol. The zero-order chi connectivity index (χ0) is 11.1. The van der Waals surface area contributed by atoms with E-state index in [-0.39, 0.29) is 0 Å². The molecule has 1 N–H and O–H groups in total. The van der Waals surface area contributed by atoms with Crippen molar-refractivity contribution in [2.75, 3.05) is 6.54 Å². The summed E-state index contributed by atoms with van der Waals surface area (Å²) in [5.74, 6) is 0.810. The van der Waals surface area contributed by atoms with E-state index < -0.39 is 0 Å². The molecule has 0 amide bonds. The first-order chi connectivity index (χ1) is 7.18. The summed E-state index contributed by atoms with van der Waals surface area (Å²) in [5.41, 5.74) is 2.35. The van der Waals surface area contributed by atoms with Gasteiger partial charge in [-0.05, 0) is 43.9 Å². The average Bonchev–Trinajstić information content (AvgIpc) is 2.20. The molecular formula is C13H22N2. The van der Waals surface area contributed by atoms with Crippen molar-refractivity contribution in [2.45, 2.75) is 40.2 Å². The summed E-state index contributed by atoms with van der Waals surface area (Å²) in [6.07, 6.45) is 4.48. The number of rotatable bonds is 6. The second kappa shape index (κ2) is 6.57. The van der Waals surface area contributed by atoms with Crippen molar-refractivity contribution in [3.8, 4) is 0 Å². The number of aryl methyl sites for hydroxylation is 1. The molecule has 2 nitrogen and oxygen atoms in total. The fourth-order valence-corrected chi connectivity index (χ4v) is 1.45. The lowest BCUT2D eigenvalue weighted by Gasteiger charge is -2.06. The van der Waals surface area contributed by atoms with Crippen LogP contribution in [0.5, 0.6) is 0 Å². The third kappa shape index (κ3) is 5.53. The van der Waals surface area contributed by atoms with Crippen molar-refractivity contribution in [3.63, 3.8) is 0 Å². The molecule has 0 aliphatic carbocycles. The van der Waals surface area contributed by atoms with Crippen molar-refractivity contribution < 1.29 is 0 Å². The van der Waals surface area contributed by atoms with Crippen molar-refractivity contribution in [1.82, 2.24) is 10.3 Å². The number of hydrogen-bond acceptors (Lipinski definition) is 2. The maximum absolute atomic E-state index is 4.35. The Morgan fingerprint density at radius 2 is 2.13 bits per heavy atom. The summed E-state index contributed by atoms with van der Waals surface area (Å²) in [7, 11) is 0. The first-order valence-corrected chi connectivity index (χ1v) is 5.80. The lowest BCUT2D eigenvalue weighted by molar-refractivity contribution is 0.526. The van der Waals surface area contributed by atoms with Crippen molar-refractivity contribution in [1.29, 1.82) is 0 Å². The van der Waals surface area contributed by atoms with Crippen LogP contribution in [0.15, 0.2) is 18.3 Å². The van der Waals surface area contributed by atoms with E-state index >= 15 is 0 Å². The molecule has 0 radical (unpaired) electrons. The molecular weight excluding hydrogens is 184 g/mol. The van der Waals surface area contributed by atoms with Gasteiger partial charge in [-0.15, -0.1) is 0 Å². The Kier molecular flexibility index (Phi) is 5.33. The second-order valence-electron chi connectivity index (χ2n) is 4.54. The SMILES string of the molecule is Cc1ccc(CNCCCC(C)C)nc1. The molecule has 15 heavy (non-hydrogen) atoms. The predicted molar refractivity (Wildman–Crippen MR) is 64.8 cm³/mol. The summed E-state index contributed by atoms with van der Waals surface area (Å²) in [4.78, 5) is 4.35. The number of nitrogens with one attached hydrogen (secondary N) is 1. The number of nitrogens with zero attached hydrogens (tertiary/aromatic N) is 1. The van der Waals surface area contributed by atoms with E-state index in [1.54, 1.807) is 0 Å². The molecule has 84 valence electrons. The van der Waals surface area contributed by atoms with Gasteiger partial charge in [-0.3, -0.25) is 4.98 Å². The minimum atomic E-state index is 0.810. The van der Waals surface area contributed by atoms with E-state index in [4.69, 9.17) is 0 Å². The molecule has 0 unspecified atom stereocenters. The van der Waals surface area contributed by atoms with Crippen LogP contribution in [-0.2, 0) is 6.54 Å². The van der Waals surface area contributed by atoms with Crippen LogP contribution < -0.4 is 5.32 Å². The van der Waals surface area contributed by atoms with Gasteiger partial charge in [0.05, 0.1) is 5.69 Å². The minimum absolute atomic E-state index is 0.810. The Bertz CT molecular complexity index is 264. The maximum atomic E-state index is 4.35. The van der Waals surface area contributed by atoms with Crippen molar-refractivity contribution in [2.24, 2.45) is 5.92 Å². The highest BCUT2D eigenvalue weighted by molar-refractivity contribution is 5.11. The fourth-order valence-electron chi connectivity index (χ4n) is 1.45. The number of pyridine rings is 1. The smallest absolute Gasteiger partial charge is 0.0541 e. The van der Waals surface area contributed by atoms with Gasteiger partial charge in [0.15, 0.2) is 0 Å². The van der Waals surface area contributed by atoms with E-state index in [2.05, 4.69) is 43.2 Å². The minimum Gasteiger partial charge on any atom is -0.311 e. The van der Waals surface area contributed by atoms with E-state index in [0.29, 0.717) is 0 Å². The third-order valence-corrected chi connectivity index (χ3v) is 2.41. The van der Waals surface area contributed by atoms with Crippen LogP contribution in [-0.4, -0.2) is 11.5 Å². The van der Waals surface area contributed by atoms with Crippen LogP contribution >= 0.6 is 0 Å². The molecule has 0 aromatic carbocycles. The van der Waals surface area contributed by atoms with E-state index in [0.717, 1.165) is 24.7 Å². The molecule has 1 aromatic heterocycles. The van der Waals surface area contributed by atoms with Gasteiger partial charge >= 0.3 is 0 Å². The van der Waals surface area contributed by atoms with Gasteiger partial charge in [-0.25, -0.2) is 0 Å². The Labute approximate surface area is 93.1 Å². The van der Waals surface area contributed by atoms with Crippen LogP contribution in [0, 0.1) is 12.8 Å². The highest BCUT2D eigenvalue weighted by Crippen LogP contribution is 2.02. The Morgan fingerprint density at radius 3 is 2.73 bits per heavy atom. The lowest BCUT2D eigenvalue weighted by Crippen LogP contribution is -2.16. The molecule has 0 bridgehead atoms. The summed E-state index contributed by atoms with van der Waals surface area (Å²) in [5, 5.41) is 3.41. The maximum Gasteiger partial charge on any atom is 0.0541 e. The molecule has 0 saturated carbocycles. The molecule has 1 heterocycles. The third-order valence-electron chi connectivity index (χ3n) is 2.41. The monoisotopic (exact) mass is 206 g/mol. The molecule has 1 rings (SSSR count). The fraction of sp³-hybridized carbons (Fsp3) is 0.615. The molecule has 0 saturated heterocycles. The number of aromatic nitrogens is 1. The largest absolute Gasteiger partial charge is 0.311 e. The van der Waals surface area contributed by atoms with E-state index in [1.165, 1.54) is 18.4 Å². The van der Waals surface area contributed by atoms with Crippen LogP contribution in [0.4, 0.5) is 0 Å². The molecule has 0 aliphatic rings. The van der Waals surface area contributed by atoms with E-state index in [1.807, 2.05) is 6.20 Å². The van der Waals surface area contributed by atoms with E-state index in [9.17, 15) is 0 Å². The van der Waals surface area contributed by atoms with Crippen LogP contribution in [0.25, 0.3) is 0 Å². The van der Waals surface area contributed by atoms with Crippen LogP contribution in [0.1, 0.15) is 37.9 Å². The standard InChI is InChI=1S/C13H22N2/c1-11(2)5-4-8-14-10-13-7-6-12(3)9-15-13/h6-7,9,11,14H,4-5,8,10H2,1-3H3. The zero-order valence-electron chi connectivity index (χ0n) is 10.1. The molecule has 1 aromatic rings. The molecule has 2 heteroatoms. The Hall–Kier alpha value is -0.890. The Balaban J connectivity index is 2.12. The first-order valence-electron chi connectivity index (χ1n) is 5.80. The Morgan fingerprint density at radius 1 is 1.33 bits per heavy atom. The van der Waals surface area contributed by atoms with Gasteiger partial charge in [0.1, 0.15) is 0 Å². The summed E-state index contributed by atoms with van der Waals surface area (Å²) >= 11 is 0. The van der Waals surface area contributed by atoms with Gasteiger partial charge in [-0.2, -0.15) is 0 Å². The molecule has 0 spiro atoms. The second-order valence-corrected chi connectivity index (χ2v) is 4.54. The molecule has 0 aliphatic heterocycles. The molecule has 0 atom stereocenters. The summed E-state index contributed by atoms with van der Waals surface area (Å²) in [6, 6.07) is 4.20. The van der Waals surface area contributed by atoms with Crippen molar-refractivity contribution >= 4 is 0 Å². The lowest BCUT2D eigenvalue weighted by atomic mass is 10.1. The zero-order valence-corrected chi connectivity index (χ0v) is 10.1. The summed E-state index contributed by atoms with van der Waals surface area (Å²) < 4.78 is 0. The quantitative estimate of drug-likeness (QED) is 0.724. The first kappa shape index (κ1) is 12.2. The topological polar surface area (TPSA) is 24.9 Å². The van der Waals surface area contributed by atoms with Gasteiger partial charge in [-0.1, -0.05) is 19.9 Å². The predicted octanol–water partition coefficient (Wildman–Crippen LogP) is 2.92.